The van der Waals surface area contributed by atoms with Crippen molar-refractivity contribution in [2.24, 2.45) is 11.3 Å². The molecule has 0 saturated carbocycles. The summed E-state index contributed by atoms with van der Waals surface area (Å²) in [6.07, 6.45) is 2.16. The van der Waals surface area contributed by atoms with Gasteiger partial charge in [0.05, 0.1) is 0 Å². The first-order valence-electron chi connectivity index (χ1n) is 7.99. The SMILES string of the molecule is CC(C)COCCCNC1c2cc(Cl)ccc2CC1(C)C. The van der Waals surface area contributed by atoms with Gasteiger partial charge in [0.25, 0.3) is 0 Å². The fraction of sp³-hybridized carbons (Fsp3) is 0.667. The van der Waals surface area contributed by atoms with Gasteiger partial charge >= 0.3 is 0 Å². The number of fused-ring (bicyclic) bond motifs is 1. The highest BCUT2D eigenvalue weighted by molar-refractivity contribution is 6.30. The van der Waals surface area contributed by atoms with Crippen molar-refractivity contribution >= 4 is 11.6 Å². The van der Waals surface area contributed by atoms with Crippen molar-refractivity contribution in [3.8, 4) is 0 Å². The molecule has 1 atom stereocenters. The minimum absolute atomic E-state index is 0.242. The highest BCUT2D eigenvalue weighted by Gasteiger charge is 2.38. The fourth-order valence-corrected chi connectivity index (χ4v) is 3.32. The standard InChI is InChI=1S/C18H28ClNO/c1-13(2)12-21-9-5-8-20-17-16-10-15(19)7-6-14(16)11-18(17,3)4/h6-7,10,13,17,20H,5,8-9,11-12H2,1-4H3. The zero-order valence-electron chi connectivity index (χ0n) is 13.7. The summed E-state index contributed by atoms with van der Waals surface area (Å²) < 4.78 is 5.64. The van der Waals surface area contributed by atoms with Crippen LogP contribution in [0.4, 0.5) is 0 Å². The third kappa shape index (κ3) is 4.45. The van der Waals surface area contributed by atoms with Crippen LogP contribution in [0.5, 0.6) is 0 Å². The van der Waals surface area contributed by atoms with Gasteiger partial charge in [-0.3, -0.25) is 0 Å². The lowest BCUT2D eigenvalue weighted by atomic mass is 9.85. The van der Waals surface area contributed by atoms with Crippen LogP contribution in [-0.2, 0) is 11.2 Å². The number of benzene rings is 1. The van der Waals surface area contributed by atoms with E-state index in [9.17, 15) is 0 Å². The molecule has 0 fully saturated rings. The number of nitrogens with one attached hydrogen (secondary N) is 1. The van der Waals surface area contributed by atoms with Crippen molar-refractivity contribution in [3.63, 3.8) is 0 Å². The molecule has 0 aliphatic heterocycles. The molecule has 0 heterocycles. The lowest BCUT2D eigenvalue weighted by Crippen LogP contribution is -2.32. The molecule has 0 aromatic heterocycles. The molecule has 0 amide bonds. The first-order valence-corrected chi connectivity index (χ1v) is 8.37. The van der Waals surface area contributed by atoms with Crippen molar-refractivity contribution in [2.45, 2.75) is 46.6 Å². The molecule has 2 nitrogen and oxygen atoms in total. The maximum absolute atomic E-state index is 6.17. The van der Waals surface area contributed by atoms with Crippen LogP contribution in [0.1, 0.15) is 51.3 Å². The Bertz CT molecular complexity index is 470. The smallest absolute Gasteiger partial charge is 0.0489 e. The number of halogens is 1. The van der Waals surface area contributed by atoms with Crippen molar-refractivity contribution in [2.75, 3.05) is 19.8 Å². The average molecular weight is 310 g/mol. The molecular weight excluding hydrogens is 282 g/mol. The van der Waals surface area contributed by atoms with E-state index in [0.717, 1.165) is 37.6 Å². The molecule has 0 spiro atoms. The van der Waals surface area contributed by atoms with Gasteiger partial charge in [0, 0.05) is 24.3 Å². The molecule has 1 aromatic carbocycles. The molecule has 0 radical (unpaired) electrons. The first kappa shape index (κ1) is 16.8. The zero-order valence-corrected chi connectivity index (χ0v) is 14.5. The molecule has 1 aromatic rings. The maximum Gasteiger partial charge on any atom is 0.0489 e. The predicted octanol–water partition coefficient (Wildman–Crippen LogP) is 4.62. The summed E-state index contributed by atoms with van der Waals surface area (Å²) in [5.74, 6) is 0.612. The van der Waals surface area contributed by atoms with Gasteiger partial charge in [-0.15, -0.1) is 0 Å². The summed E-state index contributed by atoms with van der Waals surface area (Å²) in [7, 11) is 0. The monoisotopic (exact) mass is 309 g/mol. The topological polar surface area (TPSA) is 21.3 Å². The minimum atomic E-state index is 0.242. The van der Waals surface area contributed by atoms with Gasteiger partial charge in [0.2, 0.25) is 0 Å². The summed E-state index contributed by atoms with van der Waals surface area (Å²) in [5.41, 5.74) is 3.04. The molecule has 1 N–H and O–H groups in total. The van der Waals surface area contributed by atoms with Gasteiger partial charge in [-0.2, -0.15) is 0 Å². The van der Waals surface area contributed by atoms with Gasteiger partial charge in [-0.25, -0.2) is 0 Å². The third-order valence-corrected chi connectivity index (χ3v) is 4.35. The Morgan fingerprint density at radius 2 is 2.14 bits per heavy atom. The van der Waals surface area contributed by atoms with Crippen molar-refractivity contribution < 1.29 is 4.74 Å². The van der Waals surface area contributed by atoms with Crippen molar-refractivity contribution in [1.29, 1.82) is 0 Å². The molecule has 118 valence electrons. The fourth-order valence-electron chi connectivity index (χ4n) is 3.14. The van der Waals surface area contributed by atoms with Crippen LogP contribution in [-0.4, -0.2) is 19.8 Å². The predicted molar refractivity (Wildman–Crippen MR) is 90.0 cm³/mol. The van der Waals surface area contributed by atoms with Gasteiger partial charge < -0.3 is 10.1 Å². The average Bonchev–Trinajstić information content (AvgIpc) is 2.63. The van der Waals surface area contributed by atoms with E-state index in [1.165, 1.54) is 11.1 Å². The molecule has 1 aliphatic carbocycles. The highest BCUT2D eigenvalue weighted by Crippen LogP contribution is 2.45. The second-order valence-corrected chi connectivity index (χ2v) is 7.65. The second-order valence-electron chi connectivity index (χ2n) is 7.22. The van der Waals surface area contributed by atoms with Crippen LogP contribution in [0, 0.1) is 11.3 Å². The Kier molecular flexibility index (Phi) is 5.70. The van der Waals surface area contributed by atoms with Crippen LogP contribution < -0.4 is 5.32 Å². The van der Waals surface area contributed by atoms with Gasteiger partial charge in [0.15, 0.2) is 0 Å². The van der Waals surface area contributed by atoms with E-state index in [-0.39, 0.29) is 5.41 Å². The molecule has 1 unspecified atom stereocenters. The Hall–Kier alpha value is -0.570. The number of hydrogen-bond donors (Lipinski definition) is 1. The maximum atomic E-state index is 6.17. The minimum Gasteiger partial charge on any atom is -0.381 e. The summed E-state index contributed by atoms with van der Waals surface area (Å²) in [6, 6.07) is 6.68. The Labute approximate surface area is 134 Å². The Morgan fingerprint density at radius 1 is 1.38 bits per heavy atom. The largest absolute Gasteiger partial charge is 0.381 e. The van der Waals surface area contributed by atoms with E-state index in [2.05, 4.69) is 45.1 Å². The van der Waals surface area contributed by atoms with Crippen LogP contribution in [0.25, 0.3) is 0 Å². The van der Waals surface area contributed by atoms with E-state index >= 15 is 0 Å². The molecule has 3 heteroatoms. The molecular formula is C18H28ClNO. The second kappa shape index (κ2) is 7.13. The van der Waals surface area contributed by atoms with Crippen LogP contribution in [0.15, 0.2) is 18.2 Å². The van der Waals surface area contributed by atoms with E-state index in [4.69, 9.17) is 16.3 Å². The van der Waals surface area contributed by atoms with Gasteiger partial charge in [-0.1, -0.05) is 45.4 Å². The number of hydrogen-bond acceptors (Lipinski definition) is 2. The van der Waals surface area contributed by atoms with Crippen LogP contribution in [0.3, 0.4) is 0 Å². The third-order valence-electron chi connectivity index (χ3n) is 4.11. The molecule has 2 rings (SSSR count). The summed E-state index contributed by atoms with van der Waals surface area (Å²) in [5, 5.41) is 4.54. The number of rotatable bonds is 7. The zero-order chi connectivity index (χ0) is 15.5. The Morgan fingerprint density at radius 3 is 2.86 bits per heavy atom. The molecule has 0 bridgehead atoms. The Balaban J connectivity index is 1.86. The summed E-state index contributed by atoms with van der Waals surface area (Å²) in [4.78, 5) is 0. The molecule has 1 aliphatic rings. The van der Waals surface area contributed by atoms with Crippen molar-refractivity contribution in [3.05, 3.63) is 34.3 Å². The lowest BCUT2D eigenvalue weighted by Gasteiger charge is -2.28. The van der Waals surface area contributed by atoms with Crippen LogP contribution in [0.2, 0.25) is 5.02 Å². The lowest BCUT2D eigenvalue weighted by molar-refractivity contribution is 0.106. The van der Waals surface area contributed by atoms with E-state index in [0.29, 0.717) is 12.0 Å². The van der Waals surface area contributed by atoms with Gasteiger partial charge in [-0.05, 0) is 54.0 Å². The van der Waals surface area contributed by atoms with Gasteiger partial charge in [0.1, 0.15) is 0 Å². The van der Waals surface area contributed by atoms with E-state index in [1.54, 1.807) is 0 Å². The van der Waals surface area contributed by atoms with Crippen molar-refractivity contribution in [1.82, 2.24) is 5.32 Å². The molecule has 0 saturated heterocycles. The van der Waals surface area contributed by atoms with E-state index in [1.807, 2.05) is 6.07 Å². The number of ether oxygens (including phenoxy) is 1. The normalized spacial score (nSPS) is 20.0. The summed E-state index contributed by atoms with van der Waals surface area (Å²) >= 11 is 6.17. The van der Waals surface area contributed by atoms with Crippen LogP contribution >= 0.6 is 11.6 Å². The quantitative estimate of drug-likeness (QED) is 0.742. The molecule has 21 heavy (non-hydrogen) atoms. The summed E-state index contributed by atoms with van der Waals surface area (Å²) in [6.45, 7) is 11.7. The van der Waals surface area contributed by atoms with E-state index < -0.39 is 0 Å². The highest BCUT2D eigenvalue weighted by atomic mass is 35.5. The first-order chi connectivity index (χ1) is 9.90.